The Morgan fingerprint density at radius 2 is 2.19 bits per heavy atom. The van der Waals surface area contributed by atoms with Gasteiger partial charge in [-0.15, -0.1) is 0 Å². The van der Waals surface area contributed by atoms with Gasteiger partial charge in [0.05, 0.1) is 6.20 Å². The molecule has 2 amide bonds. The maximum atomic E-state index is 11.4. The fourth-order valence-electron chi connectivity index (χ4n) is 1.12. The van der Waals surface area contributed by atoms with Crippen molar-refractivity contribution >= 4 is 29.2 Å². The Bertz CT molecular complexity index is 485. The highest BCUT2D eigenvalue weighted by molar-refractivity contribution is 6.30. The Morgan fingerprint density at radius 3 is 2.88 bits per heavy atom. The largest absolute Gasteiger partial charge is 0.338 e. The maximum Gasteiger partial charge on any atom is 0.326 e. The van der Waals surface area contributed by atoms with Crippen LogP contribution in [-0.2, 0) is 0 Å². The minimum atomic E-state index is -0.418. The molecule has 0 atom stereocenters. The van der Waals surface area contributed by atoms with Crippen molar-refractivity contribution in [3.05, 3.63) is 41.6 Å². The van der Waals surface area contributed by atoms with E-state index in [1.54, 1.807) is 24.3 Å². The highest BCUT2D eigenvalue weighted by Gasteiger charge is 2.04. The molecule has 5 nitrogen and oxygen atoms in total. The number of hydrogen-bond acceptors (Lipinski definition) is 3. The molecule has 0 saturated carbocycles. The van der Waals surface area contributed by atoms with Crippen LogP contribution in [0.1, 0.15) is 0 Å². The van der Waals surface area contributed by atoms with Crippen molar-refractivity contribution in [1.82, 2.24) is 5.16 Å². The highest BCUT2D eigenvalue weighted by Crippen LogP contribution is 2.15. The molecule has 0 unspecified atom stereocenters. The summed E-state index contributed by atoms with van der Waals surface area (Å²) in [4.78, 5) is 11.4. The van der Waals surface area contributed by atoms with E-state index < -0.39 is 6.03 Å². The van der Waals surface area contributed by atoms with E-state index in [-0.39, 0.29) is 5.88 Å². The van der Waals surface area contributed by atoms with Crippen molar-refractivity contribution in [3.8, 4) is 0 Å². The van der Waals surface area contributed by atoms with Gasteiger partial charge in [-0.3, -0.25) is 5.32 Å². The van der Waals surface area contributed by atoms with Crippen molar-refractivity contribution in [2.75, 3.05) is 10.6 Å². The van der Waals surface area contributed by atoms with Gasteiger partial charge in [0.25, 0.3) is 0 Å². The Labute approximate surface area is 96.4 Å². The first-order valence-electron chi connectivity index (χ1n) is 4.48. The Hall–Kier alpha value is -2.01. The molecular formula is C10H8ClN3O2. The first kappa shape index (κ1) is 10.5. The van der Waals surface area contributed by atoms with Crippen LogP contribution in [0, 0.1) is 0 Å². The quantitative estimate of drug-likeness (QED) is 0.844. The second-order valence-corrected chi connectivity index (χ2v) is 3.40. The standard InChI is InChI=1S/C10H8ClN3O2/c11-7-2-1-3-8(6-7)13-10(15)14-9-4-5-12-16-9/h1-6H,(H2,13,14,15). The summed E-state index contributed by atoms with van der Waals surface area (Å²) >= 11 is 5.77. The second kappa shape index (κ2) is 4.67. The number of benzene rings is 1. The molecule has 2 aromatic rings. The molecule has 2 N–H and O–H groups in total. The Balaban J connectivity index is 1.97. The summed E-state index contributed by atoms with van der Waals surface area (Å²) < 4.78 is 4.72. The van der Waals surface area contributed by atoms with Gasteiger partial charge in [0, 0.05) is 16.8 Å². The van der Waals surface area contributed by atoms with Crippen LogP contribution >= 0.6 is 11.6 Å². The number of aromatic nitrogens is 1. The molecule has 0 fully saturated rings. The number of carbonyl (C=O) groups is 1. The van der Waals surface area contributed by atoms with Crippen molar-refractivity contribution < 1.29 is 9.32 Å². The lowest BCUT2D eigenvalue weighted by molar-refractivity contribution is 0.261. The van der Waals surface area contributed by atoms with Crippen molar-refractivity contribution in [2.45, 2.75) is 0 Å². The lowest BCUT2D eigenvalue weighted by Gasteiger charge is -2.04. The summed E-state index contributed by atoms with van der Waals surface area (Å²) in [5, 5.41) is 9.08. The Morgan fingerprint density at radius 1 is 1.31 bits per heavy atom. The molecule has 0 saturated heterocycles. The minimum Gasteiger partial charge on any atom is -0.338 e. The van der Waals surface area contributed by atoms with Gasteiger partial charge in [0.2, 0.25) is 5.88 Å². The van der Waals surface area contributed by atoms with Crippen molar-refractivity contribution in [2.24, 2.45) is 0 Å². The zero-order valence-corrected chi connectivity index (χ0v) is 8.86. The van der Waals surface area contributed by atoms with E-state index in [9.17, 15) is 4.79 Å². The van der Waals surface area contributed by atoms with E-state index in [4.69, 9.17) is 16.1 Å². The number of hydrogen-bond donors (Lipinski definition) is 2. The van der Waals surface area contributed by atoms with Crippen LogP contribution in [0.5, 0.6) is 0 Å². The number of carbonyl (C=O) groups excluding carboxylic acids is 1. The average Bonchev–Trinajstić information content (AvgIpc) is 2.70. The molecule has 0 aliphatic carbocycles. The molecule has 6 heteroatoms. The van der Waals surface area contributed by atoms with E-state index in [1.165, 1.54) is 12.3 Å². The number of halogens is 1. The zero-order valence-electron chi connectivity index (χ0n) is 8.11. The predicted octanol–water partition coefficient (Wildman–Crippen LogP) is 2.97. The van der Waals surface area contributed by atoms with E-state index in [0.717, 1.165) is 0 Å². The molecule has 0 aliphatic heterocycles. The first-order valence-corrected chi connectivity index (χ1v) is 4.86. The van der Waals surface area contributed by atoms with Crippen LogP contribution in [0.2, 0.25) is 5.02 Å². The predicted molar refractivity (Wildman–Crippen MR) is 60.6 cm³/mol. The summed E-state index contributed by atoms with van der Waals surface area (Å²) in [6.45, 7) is 0. The summed E-state index contributed by atoms with van der Waals surface area (Å²) in [5.41, 5.74) is 0.601. The molecule has 82 valence electrons. The van der Waals surface area contributed by atoms with E-state index in [0.29, 0.717) is 10.7 Å². The van der Waals surface area contributed by atoms with Gasteiger partial charge in [-0.05, 0) is 18.2 Å². The van der Waals surface area contributed by atoms with Crippen LogP contribution in [0.3, 0.4) is 0 Å². The number of nitrogens with zero attached hydrogens (tertiary/aromatic N) is 1. The van der Waals surface area contributed by atoms with E-state index in [1.807, 2.05) is 0 Å². The fraction of sp³-hybridized carbons (Fsp3) is 0. The van der Waals surface area contributed by atoms with Crippen LogP contribution < -0.4 is 10.6 Å². The van der Waals surface area contributed by atoms with Gasteiger partial charge in [-0.2, -0.15) is 0 Å². The number of rotatable bonds is 2. The third-order valence-electron chi connectivity index (χ3n) is 1.76. The van der Waals surface area contributed by atoms with Gasteiger partial charge >= 0.3 is 6.03 Å². The fourth-order valence-corrected chi connectivity index (χ4v) is 1.31. The van der Waals surface area contributed by atoms with E-state index >= 15 is 0 Å². The van der Waals surface area contributed by atoms with Gasteiger partial charge in [-0.1, -0.05) is 22.8 Å². The topological polar surface area (TPSA) is 67.2 Å². The van der Waals surface area contributed by atoms with Gasteiger partial charge < -0.3 is 9.84 Å². The molecule has 1 aromatic carbocycles. The molecule has 1 aromatic heterocycles. The Kier molecular flexibility index (Phi) is 3.07. The summed E-state index contributed by atoms with van der Waals surface area (Å²) in [6, 6.07) is 7.96. The molecule has 0 radical (unpaired) electrons. The van der Waals surface area contributed by atoms with Crippen molar-refractivity contribution in [3.63, 3.8) is 0 Å². The third-order valence-corrected chi connectivity index (χ3v) is 1.99. The van der Waals surface area contributed by atoms with Gasteiger partial charge in [-0.25, -0.2) is 4.79 Å². The zero-order chi connectivity index (χ0) is 11.4. The lowest BCUT2D eigenvalue weighted by atomic mass is 10.3. The summed E-state index contributed by atoms with van der Waals surface area (Å²) in [5.74, 6) is 0.277. The number of amides is 2. The molecule has 0 spiro atoms. The molecule has 2 rings (SSSR count). The SMILES string of the molecule is O=C(Nc1cccc(Cl)c1)Nc1ccno1. The summed E-state index contributed by atoms with van der Waals surface area (Å²) in [7, 11) is 0. The second-order valence-electron chi connectivity index (χ2n) is 2.97. The number of urea groups is 1. The molecule has 0 bridgehead atoms. The summed E-state index contributed by atoms with van der Waals surface area (Å²) in [6.07, 6.45) is 1.44. The molecular weight excluding hydrogens is 230 g/mol. The molecule has 1 heterocycles. The number of anilines is 2. The van der Waals surface area contributed by atoms with E-state index in [2.05, 4.69) is 15.8 Å². The van der Waals surface area contributed by atoms with Crippen LogP contribution in [0.25, 0.3) is 0 Å². The van der Waals surface area contributed by atoms with Crippen LogP contribution in [0.4, 0.5) is 16.4 Å². The highest BCUT2D eigenvalue weighted by atomic mass is 35.5. The first-order chi connectivity index (χ1) is 7.74. The maximum absolute atomic E-state index is 11.4. The monoisotopic (exact) mass is 237 g/mol. The molecule has 16 heavy (non-hydrogen) atoms. The smallest absolute Gasteiger partial charge is 0.326 e. The lowest BCUT2D eigenvalue weighted by Crippen LogP contribution is -2.18. The van der Waals surface area contributed by atoms with Crippen LogP contribution in [-0.4, -0.2) is 11.2 Å². The van der Waals surface area contributed by atoms with Gasteiger partial charge in [0.15, 0.2) is 0 Å². The average molecular weight is 238 g/mol. The minimum absolute atomic E-state index is 0.277. The number of nitrogens with one attached hydrogen (secondary N) is 2. The van der Waals surface area contributed by atoms with Crippen molar-refractivity contribution in [1.29, 1.82) is 0 Å². The normalized spacial score (nSPS) is 9.81. The van der Waals surface area contributed by atoms with Crippen LogP contribution in [0.15, 0.2) is 41.1 Å². The van der Waals surface area contributed by atoms with Gasteiger partial charge in [0.1, 0.15) is 0 Å². The molecule has 0 aliphatic rings. The third kappa shape index (κ3) is 2.74.